The van der Waals surface area contributed by atoms with E-state index < -0.39 is 25.1 Å². The minimum atomic E-state index is -4.04. The van der Waals surface area contributed by atoms with Crippen molar-refractivity contribution < 1.29 is 26.2 Å². The minimum Gasteiger partial charge on any atom is -0.316 e. The van der Waals surface area contributed by atoms with Gasteiger partial charge in [0.25, 0.3) is 15.9 Å². The van der Waals surface area contributed by atoms with E-state index in [-0.39, 0.29) is 22.8 Å². The third kappa shape index (κ3) is 4.44. The molecule has 0 bridgehead atoms. The van der Waals surface area contributed by atoms with Crippen LogP contribution in [0.1, 0.15) is 16.8 Å². The first-order valence-corrected chi connectivity index (χ1v) is 11.1. The third-order valence-electron chi connectivity index (χ3n) is 3.14. The Morgan fingerprint density at radius 2 is 1.91 bits per heavy atom. The maximum Gasteiger partial charge on any atom is 0.319 e. The Labute approximate surface area is 138 Å². The van der Waals surface area contributed by atoms with Crippen LogP contribution in [0.4, 0.5) is 0 Å². The van der Waals surface area contributed by atoms with Crippen LogP contribution in [0.15, 0.2) is 29.2 Å². The van der Waals surface area contributed by atoms with Gasteiger partial charge in [0.2, 0.25) is 0 Å². The van der Waals surface area contributed by atoms with Crippen LogP contribution in [0.3, 0.4) is 0 Å². The van der Waals surface area contributed by atoms with Crippen LogP contribution in [0, 0.1) is 0 Å². The Hall–Kier alpha value is -1.14. The first-order chi connectivity index (χ1) is 10.7. The lowest BCUT2D eigenvalue weighted by Crippen LogP contribution is -2.33. The van der Waals surface area contributed by atoms with Gasteiger partial charge in [0.1, 0.15) is 4.90 Å². The van der Waals surface area contributed by atoms with E-state index in [2.05, 4.69) is 5.32 Å². The zero-order chi connectivity index (χ0) is 17.1. The van der Waals surface area contributed by atoms with Crippen molar-refractivity contribution in [2.24, 2.45) is 0 Å². The Bertz CT molecular complexity index is 791. The summed E-state index contributed by atoms with van der Waals surface area (Å²) >= 11 is 0. The molecule has 0 fully saturated rings. The standard InChI is InChI=1S/C12H16N2O6S3/c15-12-10-4-1-2-5-11(10)22(16,17)14(12)8-3-6-13-7-9-21-23(18,19)20/h1-2,4-5,13H,3,6-9H2,(H,18,19,20). The lowest BCUT2D eigenvalue weighted by Gasteiger charge is -2.15. The average Bonchev–Trinajstić information content (AvgIpc) is 2.66. The molecular formula is C12H16N2O6S3. The molecule has 23 heavy (non-hydrogen) atoms. The molecule has 2 rings (SSSR count). The summed E-state index contributed by atoms with van der Waals surface area (Å²) in [4.78, 5) is 12.1. The molecule has 1 heterocycles. The molecule has 11 heteroatoms. The highest BCUT2D eigenvalue weighted by molar-refractivity contribution is 8.69. The number of amides is 1. The first kappa shape index (κ1) is 18.2. The van der Waals surface area contributed by atoms with Gasteiger partial charge < -0.3 is 5.32 Å². The summed E-state index contributed by atoms with van der Waals surface area (Å²) in [7, 11) is -7.40. The fourth-order valence-electron chi connectivity index (χ4n) is 2.14. The molecule has 0 aliphatic carbocycles. The number of nitrogens with one attached hydrogen (secondary N) is 1. The van der Waals surface area contributed by atoms with E-state index in [0.29, 0.717) is 30.3 Å². The van der Waals surface area contributed by atoms with Gasteiger partial charge in [-0.2, -0.15) is 8.42 Å². The molecule has 0 unspecified atom stereocenters. The first-order valence-electron chi connectivity index (χ1n) is 6.72. The number of hydrogen-bond donors (Lipinski definition) is 2. The third-order valence-corrected chi connectivity index (χ3v) is 7.04. The van der Waals surface area contributed by atoms with E-state index in [1.165, 1.54) is 12.1 Å². The van der Waals surface area contributed by atoms with E-state index in [4.69, 9.17) is 4.55 Å². The maximum absolute atomic E-state index is 12.3. The maximum atomic E-state index is 12.3. The van der Waals surface area contributed by atoms with Gasteiger partial charge in [0.05, 0.1) is 5.56 Å². The van der Waals surface area contributed by atoms with Gasteiger partial charge in [-0.25, -0.2) is 12.7 Å². The average molecular weight is 380 g/mol. The summed E-state index contributed by atoms with van der Waals surface area (Å²) < 4.78 is 54.9. The predicted molar refractivity (Wildman–Crippen MR) is 86.2 cm³/mol. The normalized spacial score (nSPS) is 16.6. The molecule has 128 valence electrons. The number of benzene rings is 1. The van der Waals surface area contributed by atoms with E-state index >= 15 is 0 Å². The van der Waals surface area contributed by atoms with Crippen LogP contribution in [0.25, 0.3) is 0 Å². The summed E-state index contributed by atoms with van der Waals surface area (Å²) in [5, 5.41) is 2.92. The Balaban J connectivity index is 1.80. The number of carbonyl (C=O) groups is 1. The number of fused-ring (bicyclic) bond motifs is 1. The molecule has 2 N–H and O–H groups in total. The van der Waals surface area contributed by atoms with Crippen molar-refractivity contribution in [2.75, 3.05) is 25.4 Å². The van der Waals surface area contributed by atoms with Crippen LogP contribution in [-0.2, 0) is 19.2 Å². The van der Waals surface area contributed by atoms with Crippen molar-refractivity contribution >= 4 is 35.9 Å². The Morgan fingerprint density at radius 1 is 1.22 bits per heavy atom. The van der Waals surface area contributed by atoms with Crippen LogP contribution < -0.4 is 5.32 Å². The molecule has 1 aromatic rings. The van der Waals surface area contributed by atoms with Crippen LogP contribution in [-0.4, -0.2) is 57.0 Å². The smallest absolute Gasteiger partial charge is 0.316 e. The van der Waals surface area contributed by atoms with Gasteiger partial charge in [-0.3, -0.25) is 9.35 Å². The van der Waals surface area contributed by atoms with Gasteiger partial charge >= 0.3 is 9.15 Å². The van der Waals surface area contributed by atoms with Crippen LogP contribution >= 0.6 is 10.8 Å². The molecule has 8 nitrogen and oxygen atoms in total. The molecule has 0 radical (unpaired) electrons. The highest BCUT2D eigenvalue weighted by Crippen LogP contribution is 2.29. The van der Waals surface area contributed by atoms with Crippen molar-refractivity contribution in [1.82, 2.24) is 9.62 Å². The SMILES string of the molecule is O=C1c2ccccc2S(=O)(=O)N1CCCNCCSS(=O)(=O)O. The number of sulfonamides is 1. The summed E-state index contributed by atoms with van der Waals surface area (Å²) in [6.07, 6.45) is 0.398. The van der Waals surface area contributed by atoms with Crippen molar-refractivity contribution in [3.8, 4) is 0 Å². The Kier molecular flexibility index (Phi) is 5.68. The lowest BCUT2D eigenvalue weighted by atomic mass is 10.2. The molecule has 1 amide bonds. The van der Waals surface area contributed by atoms with Crippen LogP contribution in [0.5, 0.6) is 0 Å². The van der Waals surface area contributed by atoms with E-state index in [0.717, 1.165) is 4.31 Å². The second-order valence-corrected chi connectivity index (χ2v) is 10.0. The zero-order valence-corrected chi connectivity index (χ0v) is 14.5. The van der Waals surface area contributed by atoms with Crippen molar-refractivity contribution in [3.05, 3.63) is 29.8 Å². The molecule has 0 aromatic heterocycles. The number of hydrogen-bond acceptors (Lipinski definition) is 7. The van der Waals surface area contributed by atoms with Crippen molar-refractivity contribution in [3.63, 3.8) is 0 Å². The number of carbonyl (C=O) groups excluding carboxylic acids is 1. The fraction of sp³-hybridized carbons (Fsp3) is 0.417. The lowest BCUT2D eigenvalue weighted by molar-refractivity contribution is 0.0870. The van der Waals surface area contributed by atoms with E-state index in [1.54, 1.807) is 12.1 Å². The number of nitrogens with zero attached hydrogens (tertiary/aromatic N) is 1. The molecule has 1 aliphatic rings. The molecule has 0 spiro atoms. The molecule has 0 saturated heterocycles. The molecular weight excluding hydrogens is 364 g/mol. The van der Waals surface area contributed by atoms with Gasteiger partial charge in [0.15, 0.2) is 0 Å². The topological polar surface area (TPSA) is 121 Å². The van der Waals surface area contributed by atoms with E-state index in [9.17, 15) is 21.6 Å². The quantitative estimate of drug-likeness (QED) is 0.376. The van der Waals surface area contributed by atoms with Gasteiger partial charge in [-0.15, -0.1) is 0 Å². The highest BCUT2D eigenvalue weighted by atomic mass is 33.1. The summed E-state index contributed by atoms with van der Waals surface area (Å²) in [5.41, 5.74) is 0.185. The predicted octanol–water partition coefficient (Wildman–Crippen LogP) is 0.347. The zero-order valence-electron chi connectivity index (χ0n) is 12.0. The second-order valence-electron chi connectivity index (χ2n) is 4.73. The van der Waals surface area contributed by atoms with Crippen LogP contribution in [0.2, 0.25) is 0 Å². The Morgan fingerprint density at radius 3 is 2.57 bits per heavy atom. The monoisotopic (exact) mass is 380 g/mol. The van der Waals surface area contributed by atoms with E-state index in [1.807, 2.05) is 0 Å². The largest absolute Gasteiger partial charge is 0.319 e. The second kappa shape index (κ2) is 7.18. The van der Waals surface area contributed by atoms with Gasteiger partial charge in [-0.05, 0) is 35.9 Å². The van der Waals surface area contributed by atoms with Gasteiger partial charge in [-0.1, -0.05) is 12.1 Å². The van der Waals surface area contributed by atoms with Gasteiger partial charge in [0, 0.05) is 18.8 Å². The number of rotatable bonds is 8. The summed E-state index contributed by atoms with van der Waals surface area (Å²) in [5.74, 6) is -0.354. The molecule has 1 aromatic carbocycles. The summed E-state index contributed by atoms with van der Waals surface area (Å²) in [6, 6.07) is 6.08. The van der Waals surface area contributed by atoms with Crippen molar-refractivity contribution in [1.29, 1.82) is 0 Å². The molecule has 0 saturated carbocycles. The summed E-state index contributed by atoms with van der Waals surface area (Å²) in [6.45, 7) is 0.807. The highest BCUT2D eigenvalue weighted by Gasteiger charge is 2.40. The minimum absolute atomic E-state index is 0.0301. The molecule has 0 atom stereocenters. The fourth-order valence-corrected chi connectivity index (χ4v) is 5.07. The van der Waals surface area contributed by atoms with Crippen molar-refractivity contribution in [2.45, 2.75) is 11.3 Å². The molecule has 1 aliphatic heterocycles.